The fourth-order valence-corrected chi connectivity index (χ4v) is 4.05. The van der Waals surface area contributed by atoms with E-state index in [2.05, 4.69) is 0 Å². The molecule has 0 amide bonds. The molecule has 168 valence electrons. The van der Waals surface area contributed by atoms with Gasteiger partial charge in [0.15, 0.2) is 17.3 Å². The smallest absolute Gasteiger partial charge is 0.174 e. The Morgan fingerprint density at radius 1 is 1.25 bits per heavy atom. The number of ether oxygens (including phenoxy) is 3. The molecule has 0 aromatic heterocycles. The van der Waals surface area contributed by atoms with E-state index in [0.29, 0.717) is 34.8 Å². The van der Waals surface area contributed by atoms with Gasteiger partial charge in [0.05, 0.1) is 19.1 Å². The van der Waals surface area contributed by atoms with Gasteiger partial charge < -0.3 is 24.4 Å². The quantitative estimate of drug-likeness (QED) is 0.615. The molecule has 2 aromatic rings. The number of benzene rings is 2. The maximum atomic E-state index is 13.2. The molecule has 0 saturated carbocycles. The van der Waals surface area contributed by atoms with Crippen molar-refractivity contribution < 1.29 is 29.2 Å². The Morgan fingerprint density at radius 2 is 2.00 bits per heavy atom. The highest BCUT2D eigenvalue weighted by molar-refractivity contribution is 6.05. The molecule has 6 nitrogen and oxygen atoms in total. The molecule has 2 heterocycles. The maximum Gasteiger partial charge on any atom is 0.174 e. The number of fused-ring (bicyclic) bond motifs is 2. The number of Topliss-reactive ketones (excluding diaryl/α,β-unsaturated/α-hetero) is 1. The molecule has 4 rings (SSSR count). The predicted molar refractivity (Wildman–Crippen MR) is 122 cm³/mol. The summed E-state index contributed by atoms with van der Waals surface area (Å²) < 4.78 is 17.7. The molecule has 2 aliphatic rings. The number of carbonyl (C=O) groups excluding carboxylic acids is 1. The highest BCUT2D eigenvalue weighted by atomic mass is 16.5. The van der Waals surface area contributed by atoms with Crippen molar-refractivity contribution in [2.45, 2.75) is 52.2 Å². The number of allylic oxidation sites excluding steroid dienone is 2. The van der Waals surface area contributed by atoms with E-state index in [-0.39, 0.29) is 29.3 Å². The van der Waals surface area contributed by atoms with Gasteiger partial charge in [-0.3, -0.25) is 4.79 Å². The van der Waals surface area contributed by atoms with Crippen LogP contribution in [0, 0.1) is 0 Å². The van der Waals surface area contributed by atoms with Crippen LogP contribution < -0.4 is 14.2 Å². The lowest BCUT2D eigenvalue weighted by molar-refractivity contribution is 0.0839. The second-order valence-corrected chi connectivity index (χ2v) is 8.96. The third-order valence-electron chi connectivity index (χ3n) is 5.73. The highest BCUT2D eigenvalue weighted by Gasteiger charge is 2.38. The molecule has 0 fully saturated rings. The lowest BCUT2D eigenvalue weighted by atomic mass is 9.88. The summed E-state index contributed by atoms with van der Waals surface area (Å²) in [5.74, 6) is 0.834. The number of rotatable bonds is 4. The van der Waals surface area contributed by atoms with E-state index in [0.717, 1.165) is 11.1 Å². The minimum Gasteiger partial charge on any atom is -0.506 e. The van der Waals surface area contributed by atoms with Gasteiger partial charge in [0.2, 0.25) is 0 Å². The topological polar surface area (TPSA) is 85.2 Å². The van der Waals surface area contributed by atoms with Crippen molar-refractivity contribution in [3.8, 4) is 28.7 Å². The molecule has 2 aliphatic heterocycles. The standard InChI is InChI=1S/C26H28O6/c1-14(2)6-8-17-24-16(10-11-26(3,4)32-24)23(29)22-19(28)13-21(31-25(17)22)15-7-9-20(30-5)18(27)12-15/h6-7,9-12,21,27,29H,8,13H2,1-5H3. The lowest BCUT2D eigenvalue weighted by Gasteiger charge is -2.34. The Hall–Kier alpha value is -3.41. The molecule has 32 heavy (non-hydrogen) atoms. The molecule has 6 heteroatoms. The van der Waals surface area contributed by atoms with Crippen molar-refractivity contribution in [2.75, 3.05) is 7.11 Å². The molecule has 1 unspecified atom stereocenters. The van der Waals surface area contributed by atoms with Crippen molar-refractivity contribution in [2.24, 2.45) is 0 Å². The average Bonchev–Trinajstić information content (AvgIpc) is 2.72. The Kier molecular flexibility index (Phi) is 5.41. The molecule has 0 aliphatic carbocycles. The highest BCUT2D eigenvalue weighted by Crippen LogP contribution is 2.51. The monoisotopic (exact) mass is 436 g/mol. The van der Waals surface area contributed by atoms with Crippen LogP contribution in [0.25, 0.3) is 6.08 Å². The molecular formula is C26H28O6. The van der Waals surface area contributed by atoms with Crippen LogP contribution in [0.15, 0.2) is 35.9 Å². The summed E-state index contributed by atoms with van der Waals surface area (Å²) in [5.41, 5.74) is 2.61. The van der Waals surface area contributed by atoms with E-state index in [4.69, 9.17) is 14.2 Å². The first-order valence-corrected chi connectivity index (χ1v) is 10.6. The summed E-state index contributed by atoms with van der Waals surface area (Å²) >= 11 is 0. The van der Waals surface area contributed by atoms with Crippen LogP contribution in [0.5, 0.6) is 28.7 Å². The summed E-state index contributed by atoms with van der Waals surface area (Å²) in [5, 5.41) is 21.2. The van der Waals surface area contributed by atoms with Gasteiger partial charge in [0, 0.05) is 5.56 Å². The van der Waals surface area contributed by atoms with Crippen LogP contribution >= 0.6 is 0 Å². The van der Waals surface area contributed by atoms with Gasteiger partial charge in [0.1, 0.15) is 34.5 Å². The zero-order chi connectivity index (χ0) is 23.2. The van der Waals surface area contributed by atoms with Gasteiger partial charge in [-0.25, -0.2) is 0 Å². The third kappa shape index (κ3) is 3.81. The van der Waals surface area contributed by atoms with Crippen molar-refractivity contribution in [1.82, 2.24) is 0 Å². The van der Waals surface area contributed by atoms with Gasteiger partial charge in [-0.2, -0.15) is 0 Å². The van der Waals surface area contributed by atoms with Gasteiger partial charge >= 0.3 is 0 Å². The van der Waals surface area contributed by atoms with Crippen LogP contribution in [-0.2, 0) is 6.42 Å². The fraction of sp³-hybridized carbons (Fsp3) is 0.346. The normalized spacial score (nSPS) is 18.2. The van der Waals surface area contributed by atoms with Gasteiger partial charge in [-0.05, 0) is 64.0 Å². The Balaban J connectivity index is 1.87. The third-order valence-corrected chi connectivity index (χ3v) is 5.73. The largest absolute Gasteiger partial charge is 0.506 e. The van der Waals surface area contributed by atoms with Crippen LogP contribution in [-0.4, -0.2) is 28.7 Å². The molecule has 2 aromatic carbocycles. The van der Waals surface area contributed by atoms with E-state index < -0.39 is 11.7 Å². The predicted octanol–water partition coefficient (Wildman–Crippen LogP) is 5.51. The van der Waals surface area contributed by atoms with Crippen LogP contribution in [0.4, 0.5) is 0 Å². The Morgan fingerprint density at radius 3 is 2.66 bits per heavy atom. The van der Waals surface area contributed by atoms with Gasteiger partial charge in [-0.15, -0.1) is 0 Å². The number of carbonyl (C=O) groups is 1. The summed E-state index contributed by atoms with van der Waals surface area (Å²) in [7, 11) is 1.48. The Bertz CT molecular complexity index is 1150. The van der Waals surface area contributed by atoms with E-state index in [9.17, 15) is 15.0 Å². The summed E-state index contributed by atoms with van der Waals surface area (Å²) in [6.45, 7) is 7.86. The van der Waals surface area contributed by atoms with E-state index in [1.165, 1.54) is 13.2 Å². The SMILES string of the molecule is COc1ccc(C2CC(=O)c3c(O)c4c(c(CC=C(C)C)c3O2)OC(C)(C)C=C4)cc1O. The molecule has 0 radical (unpaired) electrons. The van der Waals surface area contributed by atoms with Crippen LogP contribution in [0.3, 0.4) is 0 Å². The van der Waals surface area contributed by atoms with Gasteiger partial charge in [0.25, 0.3) is 0 Å². The maximum absolute atomic E-state index is 13.2. The van der Waals surface area contributed by atoms with Crippen molar-refractivity contribution in [3.05, 3.63) is 58.2 Å². The zero-order valence-corrected chi connectivity index (χ0v) is 19.0. The first kappa shape index (κ1) is 21.8. The molecule has 0 spiro atoms. The van der Waals surface area contributed by atoms with Crippen LogP contribution in [0.1, 0.15) is 67.3 Å². The van der Waals surface area contributed by atoms with E-state index in [1.54, 1.807) is 18.2 Å². The molecular weight excluding hydrogens is 408 g/mol. The number of methoxy groups -OCH3 is 1. The van der Waals surface area contributed by atoms with Crippen molar-refractivity contribution >= 4 is 11.9 Å². The van der Waals surface area contributed by atoms with E-state index >= 15 is 0 Å². The summed E-state index contributed by atoms with van der Waals surface area (Å²) in [6, 6.07) is 4.94. The fourth-order valence-electron chi connectivity index (χ4n) is 4.05. The summed E-state index contributed by atoms with van der Waals surface area (Å²) in [6.07, 6.45) is 5.64. The number of hydrogen-bond acceptors (Lipinski definition) is 6. The number of aromatic hydroxyl groups is 2. The van der Waals surface area contributed by atoms with Gasteiger partial charge in [-0.1, -0.05) is 17.7 Å². The second-order valence-electron chi connectivity index (χ2n) is 8.96. The second kappa shape index (κ2) is 7.93. The number of hydrogen-bond donors (Lipinski definition) is 2. The first-order valence-electron chi connectivity index (χ1n) is 10.6. The first-order chi connectivity index (χ1) is 15.1. The molecule has 0 bridgehead atoms. The molecule has 1 atom stereocenters. The summed E-state index contributed by atoms with van der Waals surface area (Å²) in [4.78, 5) is 13.2. The number of phenolic OH excluding ortho intramolecular Hbond substituents is 2. The molecule has 0 saturated heterocycles. The minimum absolute atomic E-state index is 0.0277. The zero-order valence-electron chi connectivity index (χ0n) is 19.0. The Labute approximate surface area is 187 Å². The van der Waals surface area contributed by atoms with Crippen LogP contribution in [0.2, 0.25) is 0 Å². The van der Waals surface area contributed by atoms with Crippen molar-refractivity contribution in [3.63, 3.8) is 0 Å². The van der Waals surface area contributed by atoms with Crippen molar-refractivity contribution in [1.29, 1.82) is 0 Å². The molecule has 2 N–H and O–H groups in total. The lowest BCUT2D eigenvalue weighted by Crippen LogP contribution is -2.29. The van der Waals surface area contributed by atoms with E-state index in [1.807, 2.05) is 39.8 Å². The number of ketones is 1. The average molecular weight is 437 g/mol. The number of phenols is 2. The minimum atomic E-state index is -0.609.